The minimum Gasteiger partial charge on any atom is -0.454 e. The zero-order valence-electron chi connectivity index (χ0n) is 20.3. The summed E-state index contributed by atoms with van der Waals surface area (Å²) >= 11 is 5.14. The minimum atomic E-state index is -0.716. The molecule has 5 rings (SSSR count). The number of aryl methyl sites for hydroxylation is 1. The predicted octanol–water partition coefficient (Wildman–Crippen LogP) is 3.28. The van der Waals surface area contributed by atoms with Crippen LogP contribution >= 0.6 is 27.7 Å². The van der Waals surface area contributed by atoms with Crippen LogP contribution < -0.4 is 15.2 Å². The number of imidazole rings is 1. The number of likely N-dealkylation sites (tertiary alicyclic amines) is 1. The van der Waals surface area contributed by atoms with Gasteiger partial charge in [-0.1, -0.05) is 11.8 Å². The summed E-state index contributed by atoms with van der Waals surface area (Å²) in [6.45, 7) is 4.39. The lowest BCUT2D eigenvalue weighted by Crippen LogP contribution is -2.40. The Hall–Kier alpha value is -2.90. The Kier molecular flexibility index (Phi) is 7.81. The van der Waals surface area contributed by atoms with Crippen molar-refractivity contribution < 1.29 is 23.8 Å². The number of benzene rings is 1. The SMILES string of the molecule is CC(=O)OC(C=O)CN1CCC(CCn2c(Sc3cc4c(cc3Br)OCO4)nc3c(N)ncnc32)CC1. The smallest absolute Gasteiger partial charge is 0.303 e. The van der Waals surface area contributed by atoms with Gasteiger partial charge in [0.05, 0.1) is 0 Å². The molecular formula is C24H27BrN6O5S. The number of aromatic nitrogens is 4. The second-order valence-electron chi connectivity index (χ2n) is 9.03. The summed E-state index contributed by atoms with van der Waals surface area (Å²) in [6, 6.07) is 3.84. The lowest BCUT2D eigenvalue weighted by atomic mass is 9.93. The van der Waals surface area contributed by atoms with Gasteiger partial charge in [-0.3, -0.25) is 14.5 Å². The maximum Gasteiger partial charge on any atom is 0.303 e. The average molecular weight is 591 g/mol. The van der Waals surface area contributed by atoms with E-state index in [0.29, 0.717) is 47.2 Å². The van der Waals surface area contributed by atoms with Gasteiger partial charge < -0.3 is 24.5 Å². The molecule has 37 heavy (non-hydrogen) atoms. The maximum atomic E-state index is 11.2. The number of ether oxygens (including phenoxy) is 3. The molecule has 1 unspecified atom stereocenters. The van der Waals surface area contributed by atoms with Crippen molar-refractivity contribution in [2.45, 2.75) is 48.9 Å². The monoisotopic (exact) mass is 590 g/mol. The van der Waals surface area contributed by atoms with E-state index in [4.69, 9.17) is 24.9 Å². The molecule has 0 amide bonds. The highest BCUT2D eigenvalue weighted by Crippen LogP contribution is 2.43. The number of carbonyl (C=O) groups excluding carboxylic acids is 2. The van der Waals surface area contributed by atoms with E-state index < -0.39 is 12.1 Å². The second kappa shape index (κ2) is 11.2. The molecule has 0 radical (unpaired) electrons. The molecular weight excluding hydrogens is 564 g/mol. The Bertz CT molecular complexity index is 1310. The molecule has 2 aromatic heterocycles. The third-order valence-electron chi connectivity index (χ3n) is 6.53. The average Bonchev–Trinajstić information content (AvgIpc) is 3.47. The van der Waals surface area contributed by atoms with Gasteiger partial charge in [-0.25, -0.2) is 15.0 Å². The fourth-order valence-electron chi connectivity index (χ4n) is 4.63. The van der Waals surface area contributed by atoms with Crippen LogP contribution in [0.2, 0.25) is 0 Å². The molecule has 1 fully saturated rings. The third-order valence-corrected chi connectivity index (χ3v) is 8.50. The number of esters is 1. The molecule has 1 saturated heterocycles. The van der Waals surface area contributed by atoms with Gasteiger partial charge in [0, 0.05) is 29.4 Å². The van der Waals surface area contributed by atoms with Crippen LogP contribution in [0.5, 0.6) is 11.5 Å². The summed E-state index contributed by atoms with van der Waals surface area (Å²) in [5, 5.41) is 0.773. The number of anilines is 1. The van der Waals surface area contributed by atoms with E-state index in [1.807, 2.05) is 12.1 Å². The molecule has 13 heteroatoms. The van der Waals surface area contributed by atoms with Crippen LogP contribution in [0.15, 0.2) is 33.0 Å². The molecule has 0 saturated carbocycles. The first-order valence-electron chi connectivity index (χ1n) is 12.0. The molecule has 1 aromatic carbocycles. The van der Waals surface area contributed by atoms with Crippen molar-refractivity contribution in [3.8, 4) is 11.5 Å². The molecule has 2 N–H and O–H groups in total. The van der Waals surface area contributed by atoms with Crippen LogP contribution in [-0.4, -0.2) is 69.2 Å². The molecule has 2 aliphatic heterocycles. The van der Waals surface area contributed by atoms with Crippen molar-refractivity contribution in [3.05, 3.63) is 22.9 Å². The largest absolute Gasteiger partial charge is 0.454 e. The highest BCUT2D eigenvalue weighted by atomic mass is 79.9. The number of carbonyl (C=O) groups is 2. The molecule has 0 spiro atoms. The van der Waals surface area contributed by atoms with E-state index in [0.717, 1.165) is 53.4 Å². The van der Waals surface area contributed by atoms with Crippen LogP contribution in [0.3, 0.4) is 0 Å². The summed E-state index contributed by atoms with van der Waals surface area (Å²) < 4.78 is 19.1. The van der Waals surface area contributed by atoms with E-state index in [1.54, 1.807) is 0 Å². The Labute approximate surface area is 226 Å². The molecule has 3 aromatic rings. The maximum absolute atomic E-state index is 11.2. The first-order valence-corrected chi connectivity index (χ1v) is 13.6. The summed E-state index contributed by atoms with van der Waals surface area (Å²) in [7, 11) is 0. The molecule has 2 aliphatic rings. The first kappa shape index (κ1) is 25.7. The fourth-order valence-corrected chi connectivity index (χ4v) is 6.14. The van der Waals surface area contributed by atoms with E-state index in [2.05, 4.69) is 35.4 Å². The lowest BCUT2D eigenvalue weighted by Gasteiger charge is -2.33. The standard InChI is InChI=1S/C24H27BrN6O5S/c1-14(33)36-16(11-32)10-30-5-2-15(3-6-30)4-7-31-23-21(22(26)27-12-28-23)29-24(31)37-20-9-19-18(8-17(20)25)34-13-35-19/h8-9,11-12,15-16H,2-7,10,13H2,1H3,(H2,26,27,28). The number of halogens is 1. The van der Waals surface area contributed by atoms with Gasteiger partial charge in [0.15, 0.2) is 46.0 Å². The molecule has 0 aliphatic carbocycles. The zero-order chi connectivity index (χ0) is 25.9. The van der Waals surface area contributed by atoms with Crippen LogP contribution in [0.25, 0.3) is 11.2 Å². The van der Waals surface area contributed by atoms with Crippen molar-refractivity contribution in [1.82, 2.24) is 24.4 Å². The van der Waals surface area contributed by atoms with E-state index in [1.165, 1.54) is 25.0 Å². The summed E-state index contributed by atoms with van der Waals surface area (Å²) in [5.74, 6) is 1.82. The Morgan fingerprint density at radius 1 is 1.30 bits per heavy atom. The number of nitrogens with zero attached hydrogens (tertiary/aromatic N) is 5. The van der Waals surface area contributed by atoms with Crippen molar-refractivity contribution in [2.24, 2.45) is 5.92 Å². The van der Waals surface area contributed by atoms with Crippen molar-refractivity contribution in [2.75, 3.05) is 32.2 Å². The lowest BCUT2D eigenvalue weighted by molar-refractivity contribution is -0.150. The van der Waals surface area contributed by atoms with Gasteiger partial charge >= 0.3 is 5.97 Å². The molecule has 11 nitrogen and oxygen atoms in total. The van der Waals surface area contributed by atoms with Crippen LogP contribution in [0.4, 0.5) is 5.82 Å². The minimum absolute atomic E-state index is 0.207. The number of hydrogen-bond acceptors (Lipinski definition) is 11. The van der Waals surface area contributed by atoms with Gasteiger partial charge in [0.1, 0.15) is 6.33 Å². The van der Waals surface area contributed by atoms with Gasteiger partial charge in [0.2, 0.25) is 6.79 Å². The van der Waals surface area contributed by atoms with Gasteiger partial charge in [-0.05, 0) is 66.3 Å². The summed E-state index contributed by atoms with van der Waals surface area (Å²) in [4.78, 5) is 38.9. The number of hydrogen-bond donors (Lipinski definition) is 1. The molecule has 0 bridgehead atoms. The van der Waals surface area contributed by atoms with Crippen LogP contribution in [0.1, 0.15) is 26.2 Å². The molecule has 196 valence electrons. The predicted molar refractivity (Wildman–Crippen MR) is 140 cm³/mol. The van der Waals surface area contributed by atoms with E-state index in [9.17, 15) is 9.59 Å². The van der Waals surface area contributed by atoms with Crippen LogP contribution in [0, 0.1) is 5.92 Å². The molecule has 1 atom stereocenters. The van der Waals surface area contributed by atoms with Gasteiger partial charge in [0.25, 0.3) is 0 Å². The Morgan fingerprint density at radius 2 is 2.05 bits per heavy atom. The number of nitrogen functional groups attached to an aromatic ring is 1. The first-order chi connectivity index (χ1) is 17.9. The number of aldehydes is 1. The summed E-state index contributed by atoms with van der Waals surface area (Å²) in [6.07, 6.45) is 4.37. The van der Waals surface area contributed by atoms with E-state index >= 15 is 0 Å². The highest BCUT2D eigenvalue weighted by molar-refractivity contribution is 9.10. The Morgan fingerprint density at radius 3 is 2.78 bits per heavy atom. The fraction of sp³-hybridized carbons (Fsp3) is 0.458. The normalized spacial score (nSPS) is 16.7. The number of fused-ring (bicyclic) bond motifs is 2. The van der Waals surface area contributed by atoms with E-state index in [-0.39, 0.29) is 6.79 Å². The third kappa shape index (κ3) is 5.83. The van der Waals surface area contributed by atoms with Crippen molar-refractivity contribution in [3.63, 3.8) is 0 Å². The number of nitrogens with two attached hydrogens (primary N) is 1. The van der Waals surface area contributed by atoms with Crippen molar-refractivity contribution >= 4 is 56.9 Å². The Balaban J connectivity index is 1.28. The van der Waals surface area contributed by atoms with Gasteiger partial charge in [-0.2, -0.15) is 0 Å². The zero-order valence-corrected chi connectivity index (χ0v) is 22.7. The highest BCUT2D eigenvalue weighted by Gasteiger charge is 2.25. The number of piperidine rings is 1. The summed E-state index contributed by atoms with van der Waals surface area (Å²) in [5.41, 5.74) is 7.42. The quantitative estimate of drug-likeness (QED) is 0.290. The van der Waals surface area contributed by atoms with Gasteiger partial charge in [-0.15, -0.1) is 0 Å². The van der Waals surface area contributed by atoms with Crippen LogP contribution in [-0.2, 0) is 20.9 Å². The topological polar surface area (TPSA) is 135 Å². The second-order valence-corrected chi connectivity index (χ2v) is 10.9. The molecule has 4 heterocycles. The van der Waals surface area contributed by atoms with Crippen molar-refractivity contribution in [1.29, 1.82) is 0 Å². The number of rotatable bonds is 9.